The van der Waals surface area contributed by atoms with Gasteiger partial charge in [0, 0.05) is 18.6 Å². The summed E-state index contributed by atoms with van der Waals surface area (Å²) in [5, 5.41) is 3.42. The molecule has 11 heavy (non-hydrogen) atoms. The van der Waals surface area contributed by atoms with E-state index in [1.54, 1.807) is 0 Å². The summed E-state index contributed by atoms with van der Waals surface area (Å²) in [5.41, 5.74) is 5.64. The van der Waals surface area contributed by atoms with Crippen LogP contribution in [0.25, 0.3) is 0 Å². The summed E-state index contributed by atoms with van der Waals surface area (Å²) in [6, 6.07) is 1.15. The highest BCUT2D eigenvalue weighted by Gasteiger charge is 2.24. The van der Waals surface area contributed by atoms with Crippen LogP contribution < -0.4 is 11.1 Å². The molecular formula is C9H18N2. The molecule has 0 atom stereocenters. The molecule has 1 aliphatic carbocycles. The van der Waals surface area contributed by atoms with E-state index in [2.05, 4.69) is 24.4 Å². The largest absolute Gasteiger partial charge is 0.328 e. The molecule has 0 amide bonds. The maximum atomic E-state index is 5.64. The van der Waals surface area contributed by atoms with Crippen LogP contribution in [0.1, 0.15) is 26.2 Å². The fourth-order valence-corrected chi connectivity index (χ4v) is 1.31. The van der Waals surface area contributed by atoms with Crippen molar-refractivity contribution >= 4 is 0 Å². The standard InChI is InChI=1S/C9H18N2/c1-2-3-4-5-11-9-6-8(10)7-9/h3-4,8-9,11H,2,5-7,10H2,1H3/b4-3+. The first-order chi connectivity index (χ1) is 5.33. The summed E-state index contributed by atoms with van der Waals surface area (Å²) in [5.74, 6) is 0. The Morgan fingerprint density at radius 3 is 2.73 bits per heavy atom. The van der Waals surface area contributed by atoms with Gasteiger partial charge in [0.1, 0.15) is 0 Å². The summed E-state index contributed by atoms with van der Waals surface area (Å²) in [7, 11) is 0. The van der Waals surface area contributed by atoms with Gasteiger partial charge in [0.2, 0.25) is 0 Å². The van der Waals surface area contributed by atoms with Gasteiger partial charge in [0.15, 0.2) is 0 Å². The van der Waals surface area contributed by atoms with Crippen LogP contribution in [0.4, 0.5) is 0 Å². The summed E-state index contributed by atoms with van der Waals surface area (Å²) in [6.07, 6.45) is 7.81. The third kappa shape index (κ3) is 3.04. The van der Waals surface area contributed by atoms with Gasteiger partial charge in [-0.05, 0) is 19.3 Å². The highest BCUT2D eigenvalue weighted by molar-refractivity contribution is 4.91. The first-order valence-electron chi connectivity index (χ1n) is 4.47. The van der Waals surface area contributed by atoms with E-state index >= 15 is 0 Å². The summed E-state index contributed by atoms with van der Waals surface area (Å²) >= 11 is 0. The monoisotopic (exact) mass is 154 g/mol. The highest BCUT2D eigenvalue weighted by Crippen LogP contribution is 2.16. The molecule has 64 valence electrons. The Morgan fingerprint density at radius 2 is 2.18 bits per heavy atom. The number of nitrogens with one attached hydrogen (secondary N) is 1. The highest BCUT2D eigenvalue weighted by atomic mass is 14.9. The van der Waals surface area contributed by atoms with Gasteiger partial charge in [0.25, 0.3) is 0 Å². The topological polar surface area (TPSA) is 38.0 Å². The molecule has 0 aromatic heterocycles. The second-order valence-electron chi connectivity index (χ2n) is 3.22. The molecule has 0 heterocycles. The van der Waals surface area contributed by atoms with E-state index < -0.39 is 0 Å². The molecule has 0 unspecified atom stereocenters. The third-order valence-corrected chi connectivity index (χ3v) is 2.10. The van der Waals surface area contributed by atoms with Crippen molar-refractivity contribution in [2.24, 2.45) is 5.73 Å². The average molecular weight is 154 g/mol. The summed E-state index contributed by atoms with van der Waals surface area (Å²) < 4.78 is 0. The van der Waals surface area contributed by atoms with E-state index in [-0.39, 0.29) is 0 Å². The second-order valence-corrected chi connectivity index (χ2v) is 3.22. The molecule has 1 rings (SSSR count). The van der Waals surface area contributed by atoms with Gasteiger partial charge < -0.3 is 11.1 Å². The quantitative estimate of drug-likeness (QED) is 0.594. The second kappa shape index (κ2) is 4.52. The average Bonchev–Trinajstić information content (AvgIpc) is 1.94. The van der Waals surface area contributed by atoms with E-state index in [0.717, 1.165) is 25.8 Å². The molecule has 1 fully saturated rings. The maximum absolute atomic E-state index is 5.64. The first kappa shape index (κ1) is 8.75. The lowest BCUT2D eigenvalue weighted by atomic mass is 9.88. The molecule has 0 saturated heterocycles. The van der Waals surface area contributed by atoms with Gasteiger partial charge in [-0.15, -0.1) is 0 Å². The maximum Gasteiger partial charge on any atom is 0.0137 e. The van der Waals surface area contributed by atoms with Gasteiger partial charge in [-0.3, -0.25) is 0 Å². The van der Waals surface area contributed by atoms with Crippen LogP contribution in [0.2, 0.25) is 0 Å². The van der Waals surface area contributed by atoms with Gasteiger partial charge >= 0.3 is 0 Å². The zero-order valence-corrected chi connectivity index (χ0v) is 7.22. The van der Waals surface area contributed by atoms with Gasteiger partial charge in [-0.1, -0.05) is 19.1 Å². The minimum Gasteiger partial charge on any atom is -0.328 e. The van der Waals surface area contributed by atoms with Gasteiger partial charge in [-0.2, -0.15) is 0 Å². The normalized spacial score (nSPS) is 30.7. The molecule has 0 aromatic rings. The molecule has 2 heteroatoms. The van der Waals surface area contributed by atoms with Crippen molar-refractivity contribution in [3.8, 4) is 0 Å². The van der Waals surface area contributed by atoms with E-state index in [1.165, 1.54) is 0 Å². The SMILES string of the molecule is CC/C=C/CNC1CC(N)C1. The number of hydrogen-bond acceptors (Lipinski definition) is 2. The Labute approximate surface area is 68.9 Å². The van der Waals surface area contributed by atoms with Crippen molar-refractivity contribution in [1.82, 2.24) is 5.32 Å². The van der Waals surface area contributed by atoms with E-state index in [1.807, 2.05) is 0 Å². The molecule has 0 aliphatic heterocycles. The molecule has 0 aromatic carbocycles. The zero-order valence-electron chi connectivity index (χ0n) is 7.22. The number of allylic oxidation sites excluding steroid dienone is 1. The van der Waals surface area contributed by atoms with Gasteiger partial charge in [0.05, 0.1) is 0 Å². The predicted molar refractivity (Wildman–Crippen MR) is 48.4 cm³/mol. The Morgan fingerprint density at radius 1 is 1.45 bits per heavy atom. The lowest BCUT2D eigenvalue weighted by Gasteiger charge is -2.32. The molecule has 2 nitrogen and oxygen atoms in total. The van der Waals surface area contributed by atoms with Crippen LogP contribution in [0.5, 0.6) is 0 Å². The molecular weight excluding hydrogens is 136 g/mol. The van der Waals surface area contributed by atoms with Crippen LogP contribution in [0.15, 0.2) is 12.2 Å². The predicted octanol–water partition coefficient (Wildman–Crippen LogP) is 1.03. The van der Waals surface area contributed by atoms with Crippen LogP contribution >= 0.6 is 0 Å². The van der Waals surface area contributed by atoms with E-state index in [4.69, 9.17) is 5.73 Å². The number of rotatable bonds is 4. The minimum absolute atomic E-state index is 0.461. The van der Waals surface area contributed by atoms with Crippen molar-refractivity contribution in [2.45, 2.75) is 38.3 Å². The van der Waals surface area contributed by atoms with E-state index in [9.17, 15) is 0 Å². The zero-order chi connectivity index (χ0) is 8.10. The summed E-state index contributed by atoms with van der Waals surface area (Å²) in [6.45, 7) is 3.15. The fraction of sp³-hybridized carbons (Fsp3) is 0.778. The third-order valence-electron chi connectivity index (χ3n) is 2.10. The lowest BCUT2D eigenvalue weighted by molar-refractivity contribution is 0.301. The smallest absolute Gasteiger partial charge is 0.0137 e. The van der Waals surface area contributed by atoms with Crippen LogP contribution in [-0.2, 0) is 0 Å². The van der Waals surface area contributed by atoms with Crippen LogP contribution in [-0.4, -0.2) is 18.6 Å². The molecule has 3 N–H and O–H groups in total. The summed E-state index contributed by atoms with van der Waals surface area (Å²) in [4.78, 5) is 0. The van der Waals surface area contributed by atoms with Crippen molar-refractivity contribution in [2.75, 3.05) is 6.54 Å². The Balaban J connectivity index is 1.92. The lowest BCUT2D eigenvalue weighted by Crippen LogP contribution is -2.48. The van der Waals surface area contributed by atoms with Crippen LogP contribution in [0.3, 0.4) is 0 Å². The van der Waals surface area contributed by atoms with Crippen molar-refractivity contribution in [3.63, 3.8) is 0 Å². The Kier molecular flexibility index (Phi) is 3.60. The van der Waals surface area contributed by atoms with Crippen molar-refractivity contribution < 1.29 is 0 Å². The molecule has 0 radical (unpaired) electrons. The fourth-order valence-electron chi connectivity index (χ4n) is 1.31. The molecule has 1 saturated carbocycles. The van der Waals surface area contributed by atoms with Crippen molar-refractivity contribution in [3.05, 3.63) is 12.2 Å². The van der Waals surface area contributed by atoms with Crippen molar-refractivity contribution in [1.29, 1.82) is 0 Å². The Bertz CT molecular complexity index is 126. The molecule has 0 spiro atoms. The first-order valence-corrected chi connectivity index (χ1v) is 4.47. The van der Waals surface area contributed by atoms with Gasteiger partial charge in [-0.25, -0.2) is 0 Å². The molecule has 1 aliphatic rings. The van der Waals surface area contributed by atoms with E-state index in [0.29, 0.717) is 12.1 Å². The number of hydrogen-bond donors (Lipinski definition) is 2. The minimum atomic E-state index is 0.461. The van der Waals surface area contributed by atoms with Crippen LogP contribution in [0, 0.1) is 0 Å². The Hall–Kier alpha value is -0.340. The molecule has 0 bridgehead atoms. The number of nitrogens with two attached hydrogens (primary N) is 1.